The first-order chi connectivity index (χ1) is 17.6. The van der Waals surface area contributed by atoms with Crippen LogP contribution < -0.4 is 5.59 Å². The summed E-state index contributed by atoms with van der Waals surface area (Å²) >= 11 is 1.43. The molecule has 0 saturated carbocycles. The molecule has 1 unspecified atom stereocenters. The minimum absolute atomic E-state index is 0.0328. The summed E-state index contributed by atoms with van der Waals surface area (Å²) in [4.78, 5) is 24.4. The molecule has 1 aromatic carbocycles. The highest BCUT2D eigenvalue weighted by atomic mass is 32.1. The topological polar surface area (TPSA) is 81.9 Å². The van der Waals surface area contributed by atoms with E-state index in [9.17, 15) is 4.79 Å². The van der Waals surface area contributed by atoms with Crippen LogP contribution in [-0.4, -0.2) is 55.3 Å². The lowest BCUT2D eigenvalue weighted by molar-refractivity contribution is 0.00578. The Morgan fingerprint density at radius 3 is 2.51 bits per heavy atom. The number of halogens is 1. The van der Waals surface area contributed by atoms with Gasteiger partial charge in [0, 0.05) is 17.6 Å². The standard InChI is InChI=1S/C26H27BFN5O3S/c1-15-16-8-6-7-9-17(16)18(28)14-32(15)24(34)19-12-20(23-29-10-11-37-23)33-22(30-19)13-21(31-33)27-35-25(2,3)26(4,5)36-27/h6-13,15,18H,14H2,1-5H3/t15-,18?/m1/s1. The number of rotatable bonds is 3. The SMILES string of the molecule is C[C@@H]1c2ccccc2C(F)CN1C(=O)c1cc(-c2nccs2)n2nc(B3OC(C)(C)C(C)(C)O3)cc2n1. The molecule has 11 heteroatoms. The van der Waals surface area contributed by atoms with E-state index in [0.717, 1.165) is 5.56 Å². The van der Waals surface area contributed by atoms with Gasteiger partial charge in [-0.2, -0.15) is 5.10 Å². The average molecular weight is 519 g/mol. The molecule has 1 fully saturated rings. The van der Waals surface area contributed by atoms with Crippen LogP contribution in [0.2, 0.25) is 0 Å². The molecule has 1 saturated heterocycles. The molecule has 0 spiro atoms. The van der Waals surface area contributed by atoms with Gasteiger partial charge in [-0.25, -0.2) is 18.9 Å². The number of benzene rings is 1. The molecular formula is C26H27BFN5O3S. The van der Waals surface area contributed by atoms with Crippen LogP contribution in [0, 0.1) is 0 Å². The van der Waals surface area contributed by atoms with Crippen LogP contribution in [0.15, 0.2) is 48.0 Å². The van der Waals surface area contributed by atoms with Crippen molar-refractivity contribution in [1.29, 1.82) is 0 Å². The van der Waals surface area contributed by atoms with Crippen molar-refractivity contribution in [1.82, 2.24) is 24.5 Å². The smallest absolute Gasteiger partial charge is 0.398 e. The van der Waals surface area contributed by atoms with Crippen LogP contribution in [0.25, 0.3) is 16.3 Å². The number of carbonyl (C=O) groups excluding carboxylic acids is 1. The zero-order valence-electron chi connectivity index (χ0n) is 21.3. The van der Waals surface area contributed by atoms with Crippen molar-refractivity contribution in [3.8, 4) is 10.7 Å². The van der Waals surface area contributed by atoms with Crippen LogP contribution >= 0.6 is 11.3 Å². The summed E-state index contributed by atoms with van der Waals surface area (Å²) in [6, 6.07) is 10.5. The largest absolute Gasteiger partial charge is 0.516 e. The second kappa shape index (κ2) is 8.44. The number of nitrogens with zero attached hydrogens (tertiary/aromatic N) is 5. The minimum Gasteiger partial charge on any atom is -0.398 e. The molecule has 6 rings (SSSR count). The van der Waals surface area contributed by atoms with Crippen LogP contribution in [0.1, 0.15) is 68.4 Å². The molecule has 2 aliphatic rings. The molecule has 0 aliphatic carbocycles. The molecule has 2 atom stereocenters. The average Bonchev–Trinajstić information content (AvgIpc) is 3.58. The van der Waals surface area contributed by atoms with Crippen molar-refractivity contribution < 1.29 is 18.5 Å². The first-order valence-corrected chi connectivity index (χ1v) is 13.1. The van der Waals surface area contributed by atoms with Gasteiger partial charge in [-0.05, 0) is 51.8 Å². The number of hydrogen-bond acceptors (Lipinski definition) is 7. The van der Waals surface area contributed by atoms with Crippen LogP contribution in [0.5, 0.6) is 0 Å². The maximum Gasteiger partial charge on any atom is 0.516 e. The Kier molecular flexibility index (Phi) is 5.52. The van der Waals surface area contributed by atoms with Crippen LogP contribution in [0.4, 0.5) is 4.39 Å². The van der Waals surface area contributed by atoms with E-state index in [1.165, 1.54) is 11.3 Å². The zero-order chi connectivity index (χ0) is 26.1. The molecule has 2 aliphatic heterocycles. The highest BCUT2D eigenvalue weighted by molar-refractivity contribution is 7.13. The Morgan fingerprint density at radius 1 is 1.14 bits per heavy atom. The van der Waals surface area contributed by atoms with Crippen molar-refractivity contribution in [2.75, 3.05) is 6.54 Å². The third-order valence-corrected chi connectivity index (χ3v) is 8.48. The third-order valence-electron chi connectivity index (χ3n) is 7.68. The normalized spacial score (nSPS) is 22.4. The second-order valence-corrected chi connectivity index (χ2v) is 11.4. The van der Waals surface area contributed by atoms with E-state index in [-0.39, 0.29) is 24.2 Å². The van der Waals surface area contributed by atoms with Crippen molar-refractivity contribution >= 4 is 35.6 Å². The minimum atomic E-state index is -1.26. The van der Waals surface area contributed by atoms with Gasteiger partial charge in [-0.15, -0.1) is 11.3 Å². The number of hydrogen-bond donors (Lipinski definition) is 0. The Balaban J connectivity index is 1.42. The molecular weight excluding hydrogens is 492 g/mol. The fourth-order valence-electron chi connectivity index (χ4n) is 4.86. The van der Waals surface area contributed by atoms with E-state index >= 15 is 4.39 Å². The van der Waals surface area contributed by atoms with Crippen LogP contribution in [0.3, 0.4) is 0 Å². The van der Waals surface area contributed by atoms with Gasteiger partial charge in [0.15, 0.2) is 5.65 Å². The zero-order valence-corrected chi connectivity index (χ0v) is 22.1. The molecule has 37 heavy (non-hydrogen) atoms. The Morgan fingerprint density at radius 2 is 1.84 bits per heavy atom. The van der Waals surface area contributed by atoms with Gasteiger partial charge >= 0.3 is 7.12 Å². The Hall–Kier alpha value is -3.15. The third kappa shape index (κ3) is 3.87. The summed E-state index contributed by atoms with van der Waals surface area (Å²) in [5, 5.41) is 7.28. The molecule has 0 radical (unpaired) electrons. The number of fused-ring (bicyclic) bond motifs is 2. The van der Waals surface area contributed by atoms with Gasteiger partial charge < -0.3 is 14.2 Å². The first-order valence-electron chi connectivity index (χ1n) is 12.3. The summed E-state index contributed by atoms with van der Waals surface area (Å²) in [5.41, 5.74) is 2.23. The quantitative estimate of drug-likeness (QED) is 0.374. The fourth-order valence-corrected chi connectivity index (χ4v) is 5.50. The summed E-state index contributed by atoms with van der Waals surface area (Å²) in [5.74, 6) is -0.344. The molecule has 190 valence electrons. The lowest BCUT2D eigenvalue weighted by Gasteiger charge is -2.36. The van der Waals surface area contributed by atoms with E-state index in [4.69, 9.17) is 14.4 Å². The first kappa shape index (κ1) is 24.2. The van der Waals surface area contributed by atoms with Crippen molar-refractivity contribution in [2.24, 2.45) is 0 Å². The summed E-state index contributed by atoms with van der Waals surface area (Å²) in [6.45, 7) is 9.81. The van der Waals surface area contributed by atoms with E-state index in [2.05, 4.69) is 9.97 Å². The Labute approximate surface area is 218 Å². The second-order valence-electron chi connectivity index (χ2n) is 10.5. The monoisotopic (exact) mass is 519 g/mol. The molecule has 1 amide bonds. The maximum absolute atomic E-state index is 15.1. The fraction of sp³-hybridized carbons (Fsp3) is 0.385. The maximum atomic E-state index is 15.1. The molecule has 0 N–H and O–H groups in total. The summed E-state index contributed by atoms with van der Waals surface area (Å²) in [7, 11) is -0.680. The Bertz CT molecular complexity index is 1490. The van der Waals surface area contributed by atoms with E-state index in [1.54, 1.807) is 33.8 Å². The molecule has 5 heterocycles. The van der Waals surface area contributed by atoms with Crippen LogP contribution in [-0.2, 0) is 9.31 Å². The number of aromatic nitrogens is 4. The van der Waals surface area contributed by atoms with Crippen molar-refractivity contribution in [2.45, 2.75) is 58.0 Å². The molecule has 3 aromatic heterocycles. The summed E-state index contributed by atoms with van der Waals surface area (Å²) in [6.07, 6.45) is 0.437. The number of carbonyl (C=O) groups is 1. The number of thiazole rings is 1. The predicted octanol–water partition coefficient (Wildman–Crippen LogP) is 4.38. The lowest BCUT2D eigenvalue weighted by atomic mass is 9.85. The lowest BCUT2D eigenvalue weighted by Crippen LogP contribution is -2.41. The van der Waals surface area contributed by atoms with Gasteiger partial charge in [-0.3, -0.25) is 4.79 Å². The highest BCUT2D eigenvalue weighted by Gasteiger charge is 2.52. The molecule has 0 bridgehead atoms. The number of amides is 1. The molecule has 4 aromatic rings. The highest BCUT2D eigenvalue weighted by Crippen LogP contribution is 2.38. The van der Waals surface area contributed by atoms with E-state index < -0.39 is 24.5 Å². The predicted molar refractivity (Wildman–Crippen MR) is 140 cm³/mol. The van der Waals surface area contributed by atoms with Gasteiger partial charge in [0.05, 0.1) is 29.4 Å². The summed E-state index contributed by atoms with van der Waals surface area (Å²) < 4.78 is 29.1. The van der Waals surface area contributed by atoms with E-state index in [0.29, 0.717) is 27.5 Å². The van der Waals surface area contributed by atoms with E-state index in [1.807, 2.05) is 58.2 Å². The number of alkyl halides is 1. The van der Waals surface area contributed by atoms with Crippen molar-refractivity contribution in [3.63, 3.8) is 0 Å². The van der Waals surface area contributed by atoms with Crippen molar-refractivity contribution in [3.05, 3.63) is 64.8 Å². The van der Waals surface area contributed by atoms with Gasteiger partial charge in [0.25, 0.3) is 5.91 Å². The van der Waals surface area contributed by atoms with Gasteiger partial charge in [-0.1, -0.05) is 24.3 Å². The van der Waals surface area contributed by atoms with Gasteiger partial charge in [0.2, 0.25) is 0 Å². The molecule has 8 nitrogen and oxygen atoms in total. The van der Waals surface area contributed by atoms with Gasteiger partial charge in [0.1, 0.15) is 22.6 Å².